The Labute approximate surface area is 73.5 Å². The first-order chi connectivity index (χ1) is 5.75. The molecule has 0 aromatic rings. The van der Waals surface area contributed by atoms with Crippen LogP contribution in [0.5, 0.6) is 0 Å². The zero-order valence-electron chi connectivity index (χ0n) is 7.45. The van der Waals surface area contributed by atoms with E-state index in [1.54, 1.807) is 0 Å². The van der Waals surface area contributed by atoms with Crippen molar-refractivity contribution in [3.05, 3.63) is 0 Å². The molecule has 3 N–H and O–H groups in total. The molecule has 1 aliphatic heterocycles. The van der Waals surface area contributed by atoms with Crippen LogP contribution in [0, 0.1) is 11.8 Å². The summed E-state index contributed by atoms with van der Waals surface area (Å²) >= 11 is 0. The monoisotopic (exact) mass is 170 g/mol. The van der Waals surface area contributed by atoms with Crippen LogP contribution >= 0.6 is 0 Å². The third kappa shape index (κ3) is 1.97. The fraction of sp³-hybridized carbons (Fsp3) is 1.00. The van der Waals surface area contributed by atoms with Gasteiger partial charge in [-0.3, -0.25) is 5.84 Å². The van der Waals surface area contributed by atoms with Gasteiger partial charge in [-0.15, -0.1) is 0 Å². The van der Waals surface area contributed by atoms with E-state index in [2.05, 4.69) is 0 Å². The Balaban J connectivity index is 1.82. The average Bonchev–Trinajstić information content (AvgIpc) is 2.81. The topological polar surface area (TPSA) is 49.5 Å². The summed E-state index contributed by atoms with van der Waals surface area (Å²) in [6, 6.07) is 0. The highest BCUT2D eigenvalue weighted by atomic mass is 16.3. The Bertz CT molecular complexity index is 157. The van der Waals surface area contributed by atoms with E-state index in [4.69, 9.17) is 5.84 Å². The first kappa shape index (κ1) is 8.48. The maximum atomic E-state index is 9.68. The second-order valence-electron chi connectivity index (χ2n) is 4.29. The fourth-order valence-corrected chi connectivity index (χ4v) is 2.06. The van der Waals surface area contributed by atoms with Crippen LogP contribution in [0.15, 0.2) is 0 Å². The summed E-state index contributed by atoms with van der Waals surface area (Å²) in [5, 5.41) is 11.5. The predicted molar refractivity (Wildman–Crippen MR) is 47.2 cm³/mol. The van der Waals surface area contributed by atoms with E-state index in [0.717, 1.165) is 25.4 Å². The summed E-state index contributed by atoms with van der Waals surface area (Å²) < 4.78 is 0. The highest BCUT2D eigenvalue weighted by molar-refractivity contribution is 4.84. The van der Waals surface area contributed by atoms with E-state index in [9.17, 15) is 5.11 Å². The number of nitrogens with two attached hydrogens (primary N) is 1. The molecule has 0 aromatic heterocycles. The van der Waals surface area contributed by atoms with Crippen LogP contribution in [0.1, 0.15) is 25.7 Å². The smallest absolute Gasteiger partial charge is 0.0594 e. The SMILES string of the molecule is NN1CC[C@@H](O)[C@@H](CC2CC2)C1. The lowest BCUT2D eigenvalue weighted by Crippen LogP contribution is -2.46. The van der Waals surface area contributed by atoms with Gasteiger partial charge in [-0.1, -0.05) is 12.8 Å². The zero-order valence-corrected chi connectivity index (χ0v) is 7.45. The van der Waals surface area contributed by atoms with Crippen molar-refractivity contribution in [2.75, 3.05) is 13.1 Å². The molecule has 0 radical (unpaired) electrons. The van der Waals surface area contributed by atoms with Crippen LogP contribution in [0.2, 0.25) is 0 Å². The van der Waals surface area contributed by atoms with E-state index < -0.39 is 0 Å². The van der Waals surface area contributed by atoms with E-state index in [-0.39, 0.29) is 6.10 Å². The van der Waals surface area contributed by atoms with E-state index in [1.807, 2.05) is 5.01 Å². The minimum Gasteiger partial charge on any atom is -0.393 e. The largest absolute Gasteiger partial charge is 0.393 e. The Hall–Kier alpha value is -0.120. The van der Waals surface area contributed by atoms with Crippen molar-refractivity contribution in [2.24, 2.45) is 17.7 Å². The normalized spacial score (nSPS) is 38.5. The fourth-order valence-electron chi connectivity index (χ4n) is 2.06. The van der Waals surface area contributed by atoms with Gasteiger partial charge in [-0.2, -0.15) is 0 Å². The zero-order chi connectivity index (χ0) is 8.55. The third-order valence-electron chi connectivity index (χ3n) is 3.06. The van der Waals surface area contributed by atoms with E-state index in [0.29, 0.717) is 5.92 Å². The van der Waals surface area contributed by atoms with Gasteiger partial charge in [0.05, 0.1) is 6.10 Å². The predicted octanol–water partition coefficient (Wildman–Crippen LogP) is 0.343. The number of nitrogens with zero attached hydrogens (tertiary/aromatic N) is 1. The van der Waals surface area contributed by atoms with Crippen LogP contribution in [0.4, 0.5) is 0 Å². The lowest BCUT2D eigenvalue weighted by atomic mass is 9.91. The molecular formula is C9H18N2O. The van der Waals surface area contributed by atoms with E-state index in [1.165, 1.54) is 19.3 Å². The molecule has 70 valence electrons. The maximum Gasteiger partial charge on any atom is 0.0594 e. The van der Waals surface area contributed by atoms with Gasteiger partial charge in [0.1, 0.15) is 0 Å². The molecule has 1 saturated carbocycles. The average molecular weight is 170 g/mol. The second kappa shape index (κ2) is 3.32. The van der Waals surface area contributed by atoms with Crippen molar-refractivity contribution >= 4 is 0 Å². The van der Waals surface area contributed by atoms with Crippen LogP contribution in [0.25, 0.3) is 0 Å². The van der Waals surface area contributed by atoms with Crippen LogP contribution in [0.3, 0.4) is 0 Å². The molecule has 1 heterocycles. The summed E-state index contributed by atoms with van der Waals surface area (Å²) in [6.07, 6.45) is 4.69. The molecule has 2 aliphatic rings. The summed E-state index contributed by atoms with van der Waals surface area (Å²) in [5.41, 5.74) is 0. The highest BCUT2D eigenvalue weighted by Crippen LogP contribution is 2.37. The Morgan fingerprint density at radius 1 is 1.33 bits per heavy atom. The van der Waals surface area contributed by atoms with Crippen LogP contribution in [-0.2, 0) is 0 Å². The van der Waals surface area contributed by atoms with Crippen molar-refractivity contribution in [2.45, 2.75) is 31.8 Å². The van der Waals surface area contributed by atoms with Gasteiger partial charge in [0.2, 0.25) is 0 Å². The minimum absolute atomic E-state index is 0.0922. The third-order valence-corrected chi connectivity index (χ3v) is 3.06. The van der Waals surface area contributed by atoms with Crippen LogP contribution in [-0.4, -0.2) is 29.3 Å². The Morgan fingerprint density at radius 2 is 2.08 bits per heavy atom. The van der Waals surface area contributed by atoms with Crippen molar-refractivity contribution in [1.29, 1.82) is 0 Å². The molecule has 2 atom stereocenters. The molecule has 2 fully saturated rings. The number of aliphatic hydroxyl groups excluding tert-OH is 1. The molecule has 3 heteroatoms. The van der Waals surface area contributed by atoms with Crippen molar-refractivity contribution in [1.82, 2.24) is 5.01 Å². The van der Waals surface area contributed by atoms with Crippen molar-refractivity contribution in [3.8, 4) is 0 Å². The second-order valence-corrected chi connectivity index (χ2v) is 4.29. The Kier molecular flexibility index (Phi) is 2.35. The maximum absolute atomic E-state index is 9.68. The number of piperidine rings is 1. The first-order valence-electron chi connectivity index (χ1n) is 4.93. The van der Waals surface area contributed by atoms with Crippen molar-refractivity contribution in [3.63, 3.8) is 0 Å². The molecule has 0 aromatic carbocycles. The molecule has 1 saturated heterocycles. The number of aliphatic hydroxyl groups is 1. The van der Waals surface area contributed by atoms with Gasteiger partial charge < -0.3 is 5.11 Å². The molecular weight excluding hydrogens is 152 g/mol. The number of rotatable bonds is 2. The highest BCUT2D eigenvalue weighted by Gasteiger charge is 2.32. The van der Waals surface area contributed by atoms with Gasteiger partial charge in [-0.05, 0) is 24.7 Å². The molecule has 3 nitrogen and oxygen atoms in total. The van der Waals surface area contributed by atoms with E-state index >= 15 is 0 Å². The molecule has 0 amide bonds. The number of hydrogen-bond donors (Lipinski definition) is 2. The molecule has 0 spiro atoms. The standard InChI is InChI=1S/C9H18N2O/c10-11-4-3-9(12)8(6-11)5-7-1-2-7/h7-9,12H,1-6,10H2/t8-,9+/m0/s1. The van der Waals surface area contributed by atoms with Gasteiger partial charge in [-0.25, -0.2) is 5.01 Å². The lowest BCUT2D eigenvalue weighted by Gasteiger charge is -2.33. The first-order valence-corrected chi connectivity index (χ1v) is 4.93. The van der Waals surface area contributed by atoms with Crippen molar-refractivity contribution < 1.29 is 5.11 Å². The molecule has 0 unspecified atom stereocenters. The summed E-state index contributed by atoms with van der Waals surface area (Å²) in [4.78, 5) is 0. The van der Waals surface area contributed by atoms with Crippen LogP contribution < -0.4 is 5.84 Å². The summed E-state index contributed by atoms with van der Waals surface area (Å²) in [7, 11) is 0. The molecule has 2 rings (SSSR count). The quantitative estimate of drug-likeness (QED) is 0.588. The summed E-state index contributed by atoms with van der Waals surface area (Å²) in [6.45, 7) is 1.74. The minimum atomic E-state index is -0.0922. The molecule has 0 bridgehead atoms. The van der Waals surface area contributed by atoms with Gasteiger partial charge in [0, 0.05) is 13.1 Å². The number of hydrogen-bond acceptors (Lipinski definition) is 3. The molecule has 1 aliphatic carbocycles. The molecule has 12 heavy (non-hydrogen) atoms. The lowest BCUT2D eigenvalue weighted by molar-refractivity contribution is 0.0203. The van der Waals surface area contributed by atoms with Gasteiger partial charge in [0.25, 0.3) is 0 Å². The van der Waals surface area contributed by atoms with Gasteiger partial charge in [0.15, 0.2) is 0 Å². The summed E-state index contributed by atoms with van der Waals surface area (Å²) in [5.74, 6) is 7.05. The van der Waals surface area contributed by atoms with Gasteiger partial charge >= 0.3 is 0 Å². The Morgan fingerprint density at radius 3 is 2.75 bits per heavy atom. The number of hydrazine groups is 1.